The van der Waals surface area contributed by atoms with Gasteiger partial charge in [0.05, 0.1) is 7.11 Å². The molecule has 1 fully saturated rings. The molecule has 4 nitrogen and oxygen atoms in total. The van der Waals surface area contributed by atoms with E-state index < -0.39 is 0 Å². The Kier molecular flexibility index (Phi) is 4.24. The van der Waals surface area contributed by atoms with Crippen LogP contribution in [0.4, 0.5) is 0 Å². The van der Waals surface area contributed by atoms with Gasteiger partial charge in [0.25, 0.3) is 0 Å². The van der Waals surface area contributed by atoms with Gasteiger partial charge in [0, 0.05) is 44.8 Å². The molecule has 2 aliphatic heterocycles. The fraction of sp³-hybridized carbons (Fsp3) is 0.625. The summed E-state index contributed by atoms with van der Waals surface area (Å²) in [6.45, 7) is 7.70. The molecule has 0 atom stereocenters. The highest BCUT2D eigenvalue weighted by atomic mass is 16.5. The van der Waals surface area contributed by atoms with E-state index in [-0.39, 0.29) is 0 Å². The first kappa shape index (κ1) is 13.9. The van der Waals surface area contributed by atoms with Gasteiger partial charge >= 0.3 is 0 Å². The number of ether oxygens (including phenoxy) is 1. The van der Waals surface area contributed by atoms with Gasteiger partial charge in [-0.15, -0.1) is 0 Å². The lowest BCUT2D eigenvalue weighted by molar-refractivity contribution is 0.147. The molecule has 0 saturated carbocycles. The van der Waals surface area contributed by atoms with Crippen molar-refractivity contribution in [3.05, 3.63) is 28.8 Å². The van der Waals surface area contributed by atoms with Crippen molar-refractivity contribution >= 4 is 0 Å². The lowest BCUT2D eigenvalue weighted by atomic mass is 9.97. The van der Waals surface area contributed by atoms with E-state index in [0.29, 0.717) is 0 Å². The van der Waals surface area contributed by atoms with E-state index in [2.05, 4.69) is 34.3 Å². The Bertz CT molecular complexity index is 467. The number of likely N-dealkylation sites (N-methyl/N-ethyl adjacent to an activating group) is 1. The average molecular weight is 275 g/mol. The highest BCUT2D eigenvalue weighted by Gasteiger charge is 2.18. The van der Waals surface area contributed by atoms with Crippen LogP contribution in [-0.4, -0.2) is 56.7 Å². The molecule has 1 N–H and O–H groups in total. The number of hydrogen-bond donors (Lipinski definition) is 1. The Morgan fingerprint density at radius 1 is 1.15 bits per heavy atom. The maximum absolute atomic E-state index is 5.61. The molecular weight excluding hydrogens is 250 g/mol. The lowest BCUT2D eigenvalue weighted by Gasteiger charge is -2.33. The van der Waals surface area contributed by atoms with E-state index in [4.69, 9.17) is 4.74 Å². The fourth-order valence-electron chi connectivity index (χ4n) is 3.12. The lowest BCUT2D eigenvalue weighted by Crippen LogP contribution is -2.43. The third kappa shape index (κ3) is 2.97. The predicted octanol–water partition coefficient (Wildman–Crippen LogP) is 1.09. The predicted molar refractivity (Wildman–Crippen MR) is 81.2 cm³/mol. The molecular formula is C16H25N3O. The van der Waals surface area contributed by atoms with Crippen molar-refractivity contribution in [1.29, 1.82) is 0 Å². The molecule has 20 heavy (non-hydrogen) atoms. The summed E-state index contributed by atoms with van der Waals surface area (Å²) in [5.74, 6) is 1.05. The molecule has 2 aliphatic rings. The second-order valence-corrected chi connectivity index (χ2v) is 5.94. The van der Waals surface area contributed by atoms with E-state index in [1.165, 1.54) is 16.7 Å². The van der Waals surface area contributed by atoms with Gasteiger partial charge in [0.2, 0.25) is 0 Å². The Hall–Kier alpha value is -1.10. The van der Waals surface area contributed by atoms with Gasteiger partial charge in [0.1, 0.15) is 5.75 Å². The Balaban J connectivity index is 1.77. The molecule has 110 valence electrons. The zero-order valence-electron chi connectivity index (χ0n) is 12.6. The van der Waals surface area contributed by atoms with Crippen molar-refractivity contribution in [3.63, 3.8) is 0 Å². The first-order chi connectivity index (χ1) is 9.76. The number of piperazine rings is 1. The van der Waals surface area contributed by atoms with Crippen molar-refractivity contribution in [2.24, 2.45) is 0 Å². The summed E-state index contributed by atoms with van der Waals surface area (Å²) in [5, 5.41) is 3.43. The van der Waals surface area contributed by atoms with E-state index in [0.717, 1.165) is 58.0 Å². The third-order valence-electron chi connectivity index (χ3n) is 4.48. The van der Waals surface area contributed by atoms with E-state index in [1.807, 2.05) is 0 Å². The molecule has 3 rings (SSSR count). The summed E-state index contributed by atoms with van der Waals surface area (Å²) in [5.41, 5.74) is 4.24. The summed E-state index contributed by atoms with van der Waals surface area (Å²) in [7, 11) is 3.98. The molecule has 0 spiro atoms. The van der Waals surface area contributed by atoms with E-state index in [1.54, 1.807) is 7.11 Å². The maximum Gasteiger partial charge on any atom is 0.123 e. The molecule has 2 heterocycles. The van der Waals surface area contributed by atoms with Crippen molar-refractivity contribution in [2.45, 2.75) is 19.5 Å². The summed E-state index contributed by atoms with van der Waals surface area (Å²) in [4.78, 5) is 4.93. The van der Waals surface area contributed by atoms with Crippen molar-refractivity contribution in [1.82, 2.24) is 15.1 Å². The molecule has 0 aromatic heterocycles. The SMILES string of the molecule is COc1cc2c(cc1CN1CCN(C)CC1)CCNC2. The molecule has 4 heteroatoms. The molecule has 1 aromatic rings. The second-order valence-electron chi connectivity index (χ2n) is 5.94. The quantitative estimate of drug-likeness (QED) is 0.894. The zero-order chi connectivity index (χ0) is 13.9. The van der Waals surface area contributed by atoms with Crippen molar-refractivity contribution < 1.29 is 4.74 Å². The second kappa shape index (κ2) is 6.12. The molecule has 0 bridgehead atoms. The zero-order valence-corrected chi connectivity index (χ0v) is 12.6. The molecule has 0 aliphatic carbocycles. The number of benzene rings is 1. The van der Waals surface area contributed by atoms with Crippen LogP contribution >= 0.6 is 0 Å². The van der Waals surface area contributed by atoms with Crippen LogP contribution in [0.5, 0.6) is 5.75 Å². The van der Waals surface area contributed by atoms with Gasteiger partial charge < -0.3 is 15.0 Å². The third-order valence-corrected chi connectivity index (χ3v) is 4.48. The Morgan fingerprint density at radius 3 is 2.70 bits per heavy atom. The number of methoxy groups -OCH3 is 1. The monoisotopic (exact) mass is 275 g/mol. The minimum absolute atomic E-state index is 0.973. The van der Waals surface area contributed by atoms with Gasteiger partial charge in [-0.2, -0.15) is 0 Å². The van der Waals surface area contributed by atoms with Gasteiger partial charge in [-0.05, 0) is 37.2 Å². The van der Waals surface area contributed by atoms with E-state index >= 15 is 0 Å². The summed E-state index contributed by atoms with van der Waals surface area (Å²) in [6.07, 6.45) is 1.13. The number of rotatable bonds is 3. The van der Waals surface area contributed by atoms with Gasteiger partial charge in [-0.25, -0.2) is 0 Å². The van der Waals surface area contributed by atoms with Crippen LogP contribution in [0.25, 0.3) is 0 Å². The van der Waals surface area contributed by atoms with Crippen LogP contribution in [0.3, 0.4) is 0 Å². The summed E-state index contributed by atoms with van der Waals surface area (Å²) in [6, 6.07) is 4.60. The van der Waals surface area contributed by atoms with E-state index in [9.17, 15) is 0 Å². The van der Waals surface area contributed by atoms with Gasteiger partial charge in [0.15, 0.2) is 0 Å². The smallest absolute Gasteiger partial charge is 0.123 e. The molecule has 0 amide bonds. The van der Waals surface area contributed by atoms with Gasteiger partial charge in [-0.1, -0.05) is 6.07 Å². The van der Waals surface area contributed by atoms with Crippen LogP contribution < -0.4 is 10.1 Å². The number of fused-ring (bicyclic) bond motifs is 1. The highest BCUT2D eigenvalue weighted by molar-refractivity contribution is 5.43. The normalized spacial score (nSPS) is 20.7. The van der Waals surface area contributed by atoms with Crippen LogP contribution in [0.1, 0.15) is 16.7 Å². The van der Waals surface area contributed by atoms with Crippen LogP contribution in [0.15, 0.2) is 12.1 Å². The minimum Gasteiger partial charge on any atom is -0.496 e. The number of hydrogen-bond acceptors (Lipinski definition) is 4. The highest BCUT2D eigenvalue weighted by Crippen LogP contribution is 2.27. The topological polar surface area (TPSA) is 27.7 Å². The number of nitrogens with one attached hydrogen (secondary N) is 1. The van der Waals surface area contributed by atoms with Gasteiger partial charge in [-0.3, -0.25) is 4.90 Å². The fourth-order valence-corrected chi connectivity index (χ4v) is 3.12. The molecule has 0 radical (unpaired) electrons. The Labute approximate surface area is 121 Å². The first-order valence-electron chi connectivity index (χ1n) is 7.56. The van der Waals surface area contributed by atoms with Crippen LogP contribution in [-0.2, 0) is 19.5 Å². The van der Waals surface area contributed by atoms with Crippen molar-refractivity contribution in [3.8, 4) is 5.75 Å². The molecule has 0 unspecified atom stereocenters. The van der Waals surface area contributed by atoms with Crippen LogP contribution in [0, 0.1) is 0 Å². The minimum atomic E-state index is 0.973. The molecule has 1 saturated heterocycles. The number of nitrogens with zero attached hydrogens (tertiary/aromatic N) is 2. The first-order valence-corrected chi connectivity index (χ1v) is 7.56. The largest absolute Gasteiger partial charge is 0.496 e. The Morgan fingerprint density at radius 2 is 1.95 bits per heavy atom. The van der Waals surface area contributed by atoms with Crippen LogP contribution in [0.2, 0.25) is 0 Å². The molecule has 1 aromatic carbocycles. The summed E-state index contributed by atoms with van der Waals surface area (Å²) >= 11 is 0. The maximum atomic E-state index is 5.61. The standard InChI is InChI=1S/C16H25N3O/c1-18-5-7-19(8-6-18)12-15-9-13-3-4-17-11-14(13)10-16(15)20-2/h9-10,17H,3-8,11-12H2,1-2H3. The van der Waals surface area contributed by atoms with Crippen molar-refractivity contribution in [2.75, 3.05) is 46.9 Å². The average Bonchev–Trinajstić information content (AvgIpc) is 2.49. The summed E-state index contributed by atoms with van der Waals surface area (Å²) < 4.78 is 5.61.